The molecule has 0 aromatic heterocycles. The molecule has 1 aromatic carbocycles. The van der Waals surface area contributed by atoms with E-state index in [-0.39, 0.29) is 0 Å². The van der Waals surface area contributed by atoms with Crippen LogP contribution in [0, 0.1) is 0 Å². The average molecular weight is 223 g/mol. The molecule has 1 aliphatic rings. The normalized spacial score (nSPS) is 20.1. The van der Waals surface area contributed by atoms with Gasteiger partial charge in [0, 0.05) is 18.0 Å². The molecule has 0 aliphatic carbocycles. The van der Waals surface area contributed by atoms with Crippen molar-refractivity contribution in [2.45, 2.75) is 24.2 Å². The maximum absolute atomic E-state index is 2.70. The van der Waals surface area contributed by atoms with E-state index < -0.39 is 10.2 Å². The summed E-state index contributed by atoms with van der Waals surface area (Å²) in [6, 6.07) is 11.0. The van der Waals surface area contributed by atoms with Crippen molar-refractivity contribution in [1.29, 1.82) is 0 Å². The van der Waals surface area contributed by atoms with Crippen LogP contribution < -0.4 is 0 Å². The maximum atomic E-state index is 2.70. The zero-order valence-electron chi connectivity index (χ0n) is 9.78. The highest BCUT2D eigenvalue weighted by Crippen LogP contribution is 2.53. The van der Waals surface area contributed by atoms with Crippen molar-refractivity contribution in [2.24, 2.45) is 0 Å². The molecule has 2 rings (SSSR count). The van der Waals surface area contributed by atoms with Gasteiger partial charge in [-0.05, 0) is 37.5 Å². The zero-order valence-corrected chi connectivity index (χ0v) is 10.6. The van der Waals surface area contributed by atoms with Gasteiger partial charge in [-0.25, -0.2) is 0 Å². The minimum absolute atomic E-state index is 0.729. The molecule has 0 N–H and O–H groups in total. The van der Waals surface area contributed by atoms with E-state index in [1.165, 1.54) is 37.2 Å². The maximum Gasteiger partial charge on any atom is 0.00773 e. The Morgan fingerprint density at radius 3 is 2.13 bits per heavy atom. The van der Waals surface area contributed by atoms with E-state index in [4.69, 9.17) is 0 Å². The van der Waals surface area contributed by atoms with Gasteiger partial charge in [-0.2, -0.15) is 10.2 Å². The Kier molecular flexibility index (Phi) is 3.37. The number of rotatable bonds is 2. The van der Waals surface area contributed by atoms with Gasteiger partial charge in [-0.1, -0.05) is 24.6 Å². The summed E-state index contributed by atoms with van der Waals surface area (Å²) in [5.74, 6) is 0. The van der Waals surface area contributed by atoms with Crippen LogP contribution in [-0.4, -0.2) is 29.9 Å². The number of hydrogen-bond acceptors (Lipinski definition) is 1. The van der Waals surface area contributed by atoms with Crippen molar-refractivity contribution in [3.63, 3.8) is 0 Å². The molecule has 84 valence electrons. The highest BCUT2D eigenvalue weighted by atomic mass is 32.3. The highest BCUT2D eigenvalue weighted by molar-refractivity contribution is 8.30. The van der Waals surface area contributed by atoms with Gasteiger partial charge in [0.2, 0.25) is 0 Å². The molecule has 0 spiro atoms. The Morgan fingerprint density at radius 1 is 0.933 bits per heavy atom. The van der Waals surface area contributed by atoms with Crippen LogP contribution in [0.2, 0.25) is 0 Å². The summed E-state index contributed by atoms with van der Waals surface area (Å²) < 4.78 is 2.70. The van der Waals surface area contributed by atoms with Gasteiger partial charge >= 0.3 is 0 Å². The number of hydrogen-bond donors (Lipinski definition) is 0. The summed E-state index contributed by atoms with van der Waals surface area (Å²) >= 11 is 0. The van der Waals surface area contributed by atoms with Crippen molar-refractivity contribution in [1.82, 2.24) is 4.31 Å². The molecule has 0 radical (unpaired) electrons. The fourth-order valence-corrected chi connectivity index (χ4v) is 4.52. The van der Waals surface area contributed by atoms with Crippen LogP contribution in [0.15, 0.2) is 35.2 Å². The molecule has 0 unspecified atom stereocenters. The summed E-state index contributed by atoms with van der Waals surface area (Å²) in [5, 5.41) is 0. The van der Waals surface area contributed by atoms with Gasteiger partial charge in [0.1, 0.15) is 0 Å². The first-order valence-electron chi connectivity index (χ1n) is 5.75. The monoisotopic (exact) mass is 223 g/mol. The lowest BCUT2D eigenvalue weighted by molar-refractivity contribution is 0.373. The summed E-state index contributed by atoms with van der Waals surface area (Å²) in [6.45, 7) is 2.58. The van der Waals surface area contributed by atoms with Crippen LogP contribution in [0.5, 0.6) is 0 Å². The predicted octanol–water partition coefficient (Wildman–Crippen LogP) is 3.51. The molecule has 1 aromatic rings. The predicted molar refractivity (Wildman–Crippen MR) is 69.6 cm³/mol. The molecule has 1 fully saturated rings. The zero-order chi connectivity index (χ0) is 10.7. The second-order valence-corrected chi connectivity index (χ2v) is 8.11. The first-order chi connectivity index (χ1) is 7.21. The topological polar surface area (TPSA) is 3.24 Å². The van der Waals surface area contributed by atoms with Crippen LogP contribution in [-0.2, 0) is 0 Å². The molecule has 1 heterocycles. The second-order valence-electron chi connectivity index (χ2n) is 4.58. The third kappa shape index (κ3) is 2.37. The molecule has 0 bridgehead atoms. The minimum Gasteiger partial charge on any atom is -0.264 e. The quantitative estimate of drug-likeness (QED) is 0.741. The van der Waals surface area contributed by atoms with Crippen molar-refractivity contribution in [2.75, 3.05) is 25.6 Å². The molecule has 15 heavy (non-hydrogen) atoms. The Morgan fingerprint density at radius 2 is 1.53 bits per heavy atom. The van der Waals surface area contributed by atoms with Gasteiger partial charge in [0.05, 0.1) is 0 Å². The van der Waals surface area contributed by atoms with E-state index in [9.17, 15) is 0 Å². The van der Waals surface area contributed by atoms with Crippen LogP contribution in [0.1, 0.15) is 19.3 Å². The molecule has 1 aliphatic heterocycles. The number of nitrogens with zero attached hydrogens (tertiary/aromatic N) is 1. The van der Waals surface area contributed by atoms with Crippen LogP contribution in [0.3, 0.4) is 0 Å². The van der Waals surface area contributed by atoms with Crippen LogP contribution >= 0.6 is 10.2 Å². The van der Waals surface area contributed by atoms with Crippen molar-refractivity contribution < 1.29 is 0 Å². The summed E-state index contributed by atoms with van der Waals surface area (Å²) in [6.07, 6.45) is 9.02. The molecule has 0 saturated carbocycles. The molecule has 1 nitrogen and oxygen atoms in total. The van der Waals surface area contributed by atoms with Gasteiger partial charge in [-0.15, -0.1) is 0 Å². The van der Waals surface area contributed by atoms with Gasteiger partial charge in [-0.3, -0.25) is 4.31 Å². The van der Waals surface area contributed by atoms with E-state index in [2.05, 4.69) is 47.1 Å². The Balaban J connectivity index is 2.18. The largest absolute Gasteiger partial charge is 0.264 e. The van der Waals surface area contributed by atoms with Crippen LogP contribution in [0.25, 0.3) is 0 Å². The lowest BCUT2D eigenvalue weighted by atomic mass is 10.2. The second kappa shape index (κ2) is 4.58. The third-order valence-corrected chi connectivity index (χ3v) is 6.36. The molecular formula is C13H21NS. The lowest BCUT2D eigenvalue weighted by Crippen LogP contribution is -2.32. The first kappa shape index (κ1) is 11.0. The summed E-state index contributed by atoms with van der Waals surface area (Å²) in [5.41, 5.74) is 0. The molecule has 0 atom stereocenters. The minimum atomic E-state index is -0.729. The standard InChI is InChI=1S/C13H21NS/c1-15(2,13-9-5-3-6-10-13)14-11-7-4-8-12-14/h3,5-6,9-10H,4,7-8,11-12H2,1-2H3. The highest BCUT2D eigenvalue weighted by Gasteiger charge is 2.24. The van der Waals surface area contributed by atoms with E-state index in [1.54, 1.807) is 0 Å². The first-order valence-corrected chi connectivity index (χ1v) is 8.15. The molecule has 1 saturated heterocycles. The van der Waals surface area contributed by atoms with Gasteiger partial charge < -0.3 is 0 Å². The van der Waals surface area contributed by atoms with Crippen molar-refractivity contribution in [3.05, 3.63) is 30.3 Å². The third-order valence-electron chi connectivity index (χ3n) is 3.28. The summed E-state index contributed by atoms with van der Waals surface area (Å²) in [4.78, 5) is 1.52. The van der Waals surface area contributed by atoms with E-state index in [1.807, 2.05) is 0 Å². The lowest BCUT2D eigenvalue weighted by Gasteiger charge is -2.45. The van der Waals surface area contributed by atoms with E-state index in [0.29, 0.717) is 0 Å². The van der Waals surface area contributed by atoms with E-state index >= 15 is 0 Å². The Hall–Kier alpha value is -0.470. The molecule has 0 amide bonds. The van der Waals surface area contributed by atoms with Gasteiger partial charge in [0.25, 0.3) is 0 Å². The van der Waals surface area contributed by atoms with Crippen molar-refractivity contribution >= 4 is 10.2 Å². The molecular weight excluding hydrogens is 202 g/mol. The SMILES string of the molecule is CS(C)(c1ccccc1)N1CCCCC1. The Bertz CT molecular complexity index is 302. The van der Waals surface area contributed by atoms with Gasteiger partial charge in [0.15, 0.2) is 0 Å². The molecule has 2 heteroatoms. The van der Waals surface area contributed by atoms with Crippen molar-refractivity contribution in [3.8, 4) is 0 Å². The average Bonchev–Trinajstić information content (AvgIpc) is 2.31. The number of benzene rings is 1. The summed E-state index contributed by atoms with van der Waals surface area (Å²) in [7, 11) is -0.729. The fraction of sp³-hybridized carbons (Fsp3) is 0.538. The Labute approximate surface area is 94.9 Å². The van der Waals surface area contributed by atoms with Crippen LogP contribution in [0.4, 0.5) is 0 Å². The smallest absolute Gasteiger partial charge is 0.00773 e. The number of piperidine rings is 1. The van der Waals surface area contributed by atoms with E-state index in [0.717, 1.165) is 0 Å². The fourth-order valence-electron chi connectivity index (χ4n) is 2.22.